The first-order valence-corrected chi connectivity index (χ1v) is 7.24. The van der Waals surface area contributed by atoms with Crippen molar-refractivity contribution < 1.29 is 18.3 Å². The lowest BCUT2D eigenvalue weighted by Gasteiger charge is -2.20. The first-order chi connectivity index (χ1) is 10.2. The van der Waals surface area contributed by atoms with Crippen molar-refractivity contribution in [2.75, 3.05) is 0 Å². The summed E-state index contributed by atoms with van der Waals surface area (Å²) in [6.45, 7) is 7.41. The fraction of sp³-hybridized carbons (Fsp3) is 0.562. The van der Waals surface area contributed by atoms with Crippen LogP contribution in [0.1, 0.15) is 38.8 Å². The van der Waals surface area contributed by atoms with E-state index in [4.69, 9.17) is 4.74 Å². The van der Waals surface area contributed by atoms with Crippen molar-refractivity contribution >= 4 is 6.09 Å². The number of ether oxygens (including phenoxy) is 1. The van der Waals surface area contributed by atoms with Crippen LogP contribution in [0, 0.1) is 0 Å². The highest BCUT2D eigenvalue weighted by molar-refractivity contribution is 5.67. The van der Waals surface area contributed by atoms with Crippen LogP contribution in [0.4, 0.5) is 13.6 Å². The molecule has 1 amide bonds. The van der Waals surface area contributed by atoms with E-state index < -0.39 is 24.2 Å². The lowest BCUT2D eigenvalue weighted by molar-refractivity contribution is 0.0523. The number of benzene rings is 1. The fourth-order valence-electron chi connectivity index (χ4n) is 1.74. The predicted octanol–water partition coefficient (Wildman–Crippen LogP) is 3.45. The minimum atomic E-state index is -2.41. The molecule has 1 rings (SSSR count). The maximum Gasteiger partial charge on any atom is 0.407 e. The van der Waals surface area contributed by atoms with Crippen molar-refractivity contribution in [1.82, 2.24) is 10.6 Å². The number of rotatable bonds is 6. The fourth-order valence-corrected chi connectivity index (χ4v) is 1.74. The number of hydrogen-bond acceptors (Lipinski definition) is 3. The maximum absolute atomic E-state index is 12.5. The molecule has 0 saturated heterocycles. The zero-order valence-corrected chi connectivity index (χ0v) is 13.5. The topological polar surface area (TPSA) is 50.4 Å². The molecule has 0 saturated carbocycles. The van der Waals surface area contributed by atoms with Gasteiger partial charge >= 0.3 is 6.09 Å². The van der Waals surface area contributed by atoms with Gasteiger partial charge in [0.25, 0.3) is 6.43 Å². The molecule has 0 aromatic heterocycles. The van der Waals surface area contributed by atoms with E-state index in [0.29, 0.717) is 6.54 Å². The lowest BCUT2D eigenvalue weighted by Crippen LogP contribution is -2.33. The molecule has 0 bridgehead atoms. The van der Waals surface area contributed by atoms with Gasteiger partial charge in [-0.15, -0.1) is 0 Å². The zero-order valence-electron chi connectivity index (χ0n) is 13.5. The number of halogens is 2. The highest BCUT2D eigenvalue weighted by Gasteiger charge is 2.17. The molecular formula is C16H24F2N2O2. The van der Waals surface area contributed by atoms with E-state index in [0.717, 1.165) is 11.1 Å². The van der Waals surface area contributed by atoms with Crippen molar-refractivity contribution in [3.63, 3.8) is 0 Å². The van der Waals surface area contributed by atoms with E-state index in [1.54, 1.807) is 20.8 Å². The molecule has 124 valence electrons. The summed E-state index contributed by atoms with van der Waals surface area (Å²) in [5, 5.41) is 5.44. The van der Waals surface area contributed by atoms with Gasteiger partial charge in [-0.3, -0.25) is 0 Å². The van der Waals surface area contributed by atoms with Crippen molar-refractivity contribution in [3.8, 4) is 0 Å². The van der Waals surface area contributed by atoms with Gasteiger partial charge in [-0.25, -0.2) is 13.6 Å². The first kappa shape index (κ1) is 18.4. The molecule has 2 N–H and O–H groups in total. The second-order valence-corrected chi connectivity index (χ2v) is 6.13. The number of alkyl carbamates (subject to hydrolysis) is 1. The minimum Gasteiger partial charge on any atom is -0.444 e. The number of carbonyl (C=O) groups excluding carboxylic acids is 1. The SMILES string of the molecule is CC(NCc1ccccc1CNC(=O)OC(C)(C)C)C(F)F. The zero-order chi connectivity index (χ0) is 16.8. The molecule has 1 atom stereocenters. The predicted molar refractivity (Wildman–Crippen MR) is 81.8 cm³/mol. The van der Waals surface area contributed by atoms with Crippen LogP contribution in [0.25, 0.3) is 0 Å². The normalized spacial score (nSPS) is 13.0. The van der Waals surface area contributed by atoms with Crippen LogP contribution in [0.3, 0.4) is 0 Å². The largest absolute Gasteiger partial charge is 0.444 e. The van der Waals surface area contributed by atoms with Gasteiger partial charge in [0.15, 0.2) is 0 Å². The monoisotopic (exact) mass is 314 g/mol. The van der Waals surface area contributed by atoms with Gasteiger partial charge in [0.05, 0.1) is 6.04 Å². The molecule has 0 aliphatic rings. The Balaban J connectivity index is 2.58. The van der Waals surface area contributed by atoms with E-state index in [2.05, 4.69) is 10.6 Å². The average Bonchev–Trinajstić information content (AvgIpc) is 2.41. The van der Waals surface area contributed by atoms with Crippen molar-refractivity contribution in [2.24, 2.45) is 0 Å². The molecule has 0 spiro atoms. The summed E-state index contributed by atoms with van der Waals surface area (Å²) in [6.07, 6.45) is -2.91. The Morgan fingerprint density at radius 3 is 2.23 bits per heavy atom. The second-order valence-electron chi connectivity index (χ2n) is 6.13. The van der Waals surface area contributed by atoms with Crippen LogP contribution in [0.5, 0.6) is 0 Å². The van der Waals surface area contributed by atoms with Gasteiger partial charge in [0.2, 0.25) is 0 Å². The molecule has 1 unspecified atom stereocenters. The van der Waals surface area contributed by atoms with Gasteiger partial charge in [0.1, 0.15) is 5.60 Å². The van der Waals surface area contributed by atoms with Crippen LogP contribution >= 0.6 is 0 Å². The van der Waals surface area contributed by atoms with E-state index in [1.165, 1.54) is 6.92 Å². The molecule has 0 aliphatic heterocycles. The Bertz CT molecular complexity index is 487. The van der Waals surface area contributed by atoms with Crippen LogP contribution in [-0.4, -0.2) is 24.2 Å². The molecule has 0 heterocycles. The molecular weight excluding hydrogens is 290 g/mol. The molecule has 0 fully saturated rings. The third-order valence-electron chi connectivity index (χ3n) is 2.93. The Morgan fingerprint density at radius 2 is 1.73 bits per heavy atom. The van der Waals surface area contributed by atoms with Gasteiger partial charge in [-0.2, -0.15) is 0 Å². The third kappa shape index (κ3) is 6.85. The maximum atomic E-state index is 12.5. The molecule has 6 heteroatoms. The third-order valence-corrected chi connectivity index (χ3v) is 2.93. The van der Waals surface area contributed by atoms with Crippen molar-refractivity contribution in [3.05, 3.63) is 35.4 Å². The first-order valence-electron chi connectivity index (χ1n) is 7.24. The molecule has 1 aromatic carbocycles. The Kier molecular flexibility index (Phi) is 6.74. The van der Waals surface area contributed by atoms with Gasteiger partial charge in [-0.05, 0) is 38.8 Å². The molecule has 0 radical (unpaired) electrons. The highest BCUT2D eigenvalue weighted by atomic mass is 19.3. The van der Waals surface area contributed by atoms with Gasteiger partial charge in [0, 0.05) is 13.1 Å². The molecule has 0 aliphatic carbocycles. The summed E-state index contributed by atoms with van der Waals surface area (Å²) < 4.78 is 30.2. The Morgan fingerprint density at radius 1 is 1.18 bits per heavy atom. The van der Waals surface area contributed by atoms with E-state index in [9.17, 15) is 13.6 Å². The highest BCUT2D eigenvalue weighted by Crippen LogP contribution is 2.11. The van der Waals surface area contributed by atoms with Gasteiger partial charge in [-0.1, -0.05) is 24.3 Å². The summed E-state index contributed by atoms with van der Waals surface area (Å²) in [6, 6.07) is 6.48. The van der Waals surface area contributed by atoms with E-state index >= 15 is 0 Å². The summed E-state index contributed by atoms with van der Waals surface area (Å²) in [5.74, 6) is 0. The number of nitrogens with one attached hydrogen (secondary N) is 2. The minimum absolute atomic E-state index is 0.288. The number of amides is 1. The molecule has 22 heavy (non-hydrogen) atoms. The van der Waals surface area contributed by atoms with Crippen LogP contribution < -0.4 is 10.6 Å². The van der Waals surface area contributed by atoms with Crippen molar-refractivity contribution in [1.29, 1.82) is 0 Å². The molecule has 1 aromatic rings. The summed E-state index contributed by atoms with van der Waals surface area (Å²) in [4.78, 5) is 11.7. The van der Waals surface area contributed by atoms with Crippen molar-refractivity contribution in [2.45, 2.75) is 58.9 Å². The lowest BCUT2D eigenvalue weighted by atomic mass is 10.1. The van der Waals surface area contributed by atoms with Crippen LogP contribution in [0.2, 0.25) is 0 Å². The number of alkyl halides is 2. The summed E-state index contributed by atoms with van der Waals surface area (Å²) in [5.41, 5.74) is 1.17. The Labute approximate surface area is 130 Å². The van der Waals surface area contributed by atoms with Crippen LogP contribution in [-0.2, 0) is 17.8 Å². The number of carbonyl (C=O) groups is 1. The van der Waals surface area contributed by atoms with E-state index in [1.807, 2.05) is 24.3 Å². The van der Waals surface area contributed by atoms with E-state index in [-0.39, 0.29) is 6.54 Å². The quantitative estimate of drug-likeness (QED) is 0.845. The second kappa shape index (κ2) is 8.08. The standard InChI is InChI=1S/C16H24F2N2O2/c1-11(14(17)18)19-9-12-7-5-6-8-13(12)10-20-15(21)22-16(2,3)4/h5-8,11,14,19H,9-10H2,1-4H3,(H,20,21). The van der Waals surface area contributed by atoms with Crippen LogP contribution in [0.15, 0.2) is 24.3 Å². The average molecular weight is 314 g/mol. The summed E-state index contributed by atoms with van der Waals surface area (Å²) >= 11 is 0. The number of hydrogen-bond donors (Lipinski definition) is 2. The summed E-state index contributed by atoms with van der Waals surface area (Å²) in [7, 11) is 0. The van der Waals surface area contributed by atoms with Gasteiger partial charge < -0.3 is 15.4 Å². The Hall–Kier alpha value is -1.69. The molecule has 4 nitrogen and oxygen atoms in total. The smallest absolute Gasteiger partial charge is 0.407 e.